The number of nitro benzene ring substituents is 1. The van der Waals surface area contributed by atoms with Crippen molar-refractivity contribution in [1.29, 1.82) is 0 Å². The highest BCUT2D eigenvalue weighted by Gasteiger charge is 2.71. The van der Waals surface area contributed by atoms with Crippen LogP contribution in [0.15, 0.2) is 60.2 Å². The molecule has 2 aliphatic heterocycles. The monoisotopic (exact) mass is 421 g/mol. The second-order valence-corrected chi connectivity index (χ2v) is 9.17. The minimum atomic E-state index is -1.03. The molecule has 2 heterocycles. The minimum Gasteiger partial charge on any atom is -0.402 e. The fourth-order valence-electron chi connectivity index (χ4n) is 4.81. The summed E-state index contributed by atoms with van der Waals surface area (Å²) in [5.74, 6) is 0.405. The summed E-state index contributed by atoms with van der Waals surface area (Å²) in [7, 11) is 1.98. The summed E-state index contributed by atoms with van der Waals surface area (Å²) < 4.78 is 0. The number of Topliss-reactive ketones (excluding diaryl/α,β-unsaturated/α-hetero) is 1. The first-order chi connectivity index (χ1) is 14.5. The van der Waals surface area contributed by atoms with Gasteiger partial charge in [-0.3, -0.25) is 19.8 Å². The van der Waals surface area contributed by atoms with E-state index in [-0.39, 0.29) is 11.5 Å². The molecule has 1 atom stereocenters. The smallest absolute Gasteiger partial charge is 0.269 e. The first-order valence-corrected chi connectivity index (χ1v) is 10.3. The number of benzene rings is 2. The Morgan fingerprint density at radius 3 is 2.06 bits per heavy atom. The van der Waals surface area contributed by atoms with Crippen molar-refractivity contribution < 1.29 is 14.6 Å². The zero-order chi connectivity index (χ0) is 22.8. The van der Waals surface area contributed by atoms with Crippen molar-refractivity contribution >= 4 is 17.2 Å². The summed E-state index contributed by atoms with van der Waals surface area (Å²) in [6, 6.07) is 16.0. The van der Waals surface area contributed by atoms with Crippen LogP contribution in [0, 0.1) is 10.1 Å². The zero-order valence-electron chi connectivity index (χ0n) is 18.7. The second kappa shape index (κ2) is 6.73. The number of nitrogens with zero attached hydrogens (tertiary/aromatic N) is 3. The molecule has 1 fully saturated rings. The van der Waals surface area contributed by atoms with Crippen LogP contribution in [0.1, 0.15) is 45.7 Å². The van der Waals surface area contributed by atoms with Crippen LogP contribution in [-0.4, -0.2) is 38.8 Å². The van der Waals surface area contributed by atoms with E-state index in [1.807, 2.05) is 42.4 Å². The zero-order valence-corrected chi connectivity index (χ0v) is 18.7. The third-order valence-corrected chi connectivity index (χ3v) is 7.25. The van der Waals surface area contributed by atoms with E-state index in [1.54, 1.807) is 19.1 Å². The molecular formula is C24H27N3O4. The molecule has 2 aromatic rings. The molecule has 4 rings (SSSR count). The molecule has 1 unspecified atom stereocenters. The lowest BCUT2D eigenvalue weighted by Crippen LogP contribution is -2.53. The van der Waals surface area contributed by atoms with Gasteiger partial charge in [-0.1, -0.05) is 30.3 Å². The molecular weight excluding hydrogens is 394 g/mol. The molecule has 1 saturated heterocycles. The number of rotatable bonds is 4. The molecule has 0 aromatic heterocycles. The van der Waals surface area contributed by atoms with E-state index in [0.29, 0.717) is 11.3 Å². The van der Waals surface area contributed by atoms with Gasteiger partial charge in [0.25, 0.3) is 5.69 Å². The normalized spacial score (nSPS) is 24.7. The lowest BCUT2D eigenvalue weighted by Gasteiger charge is -2.41. The van der Waals surface area contributed by atoms with Gasteiger partial charge in [0, 0.05) is 23.2 Å². The molecule has 0 N–H and O–H groups in total. The predicted molar refractivity (Wildman–Crippen MR) is 118 cm³/mol. The van der Waals surface area contributed by atoms with Crippen LogP contribution in [0.3, 0.4) is 0 Å². The van der Waals surface area contributed by atoms with E-state index in [1.165, 1.54) is 12.1 Å². The highest BCUT2D eigenvalue weighted by Crippen LogP contribution is 2.61. The molecule has 7 heteroatoms. The van der Waals surface area contributed by atoms with Gasteiger partial charge in [-0.15, -0.1) is 5.06 Å². The number of nitro groups is 1. The van der Waals surface area contributed by atoms with E-state index in [4.69, 9.17) is 4.84 Å². The molecule has 0 spiro atoms. The molecule has 0 radical (unpaired) electrons. The number of hydroxylamine groups is 2. The van der Waals surface area contributed by atoms with Crippen molar-refractivity contribution in [1.82, 2.24) is 9.96 Å². The van der Waals surface area contributed by atoms with Crippen LogP contribution in [0.4, 0.5) is 5.69 Å². The molecule has 2 aromatic carbocycles. The molecule has 0 bridgehead atoms. The van der Waals surface area contributed by atoms with Crippen LogP contribution in [0.5, 0.6) is 0 Å². The molecule has 31 heavy (non-hydrogen) atoms. The van der Waals surface area contributed by atoms with E-state index >= 15 is 0 Å². The maximum Gasteiger partial charge on any atom is 0.269 e. The molecule has 7 nitrogen and oxygen atoms in total. The summed E-state index contributed by atoms with van der Waals surface area (Å²) in [6.07, 6.45) is 0. The maximum absolute atomic E-state index is 13.2. The second-order valence-electron chi connectivity index (χ2n) is 9.17. The number of fused-ring (bicyclic) bond motifs is 1. The summed E-state index contributed by atoms with van der Waals surface area (Å²) >= 11 is 0. The summed E-state index contributed by atoms with van der Waals surface area (Å²) in [5, 5.41) is 13.1. The third-order valence-electron chi connectivity index (χ3n) is 7.25. The summed E-state index contributed by atoms with van der Waals surface area (Å²) in [4.78, 5) is 32.7. The number of carbonyl (C=O) groups is 1. The van der Waals surface area contributed by atoms with E-state index in [9.17, 15) is 14.9 Å². The Bertz CT molecular complexity index is 1090. The van der Waals surface area contributed by atoms with Crippen LogP contribution in [0.2, 0.25) is 0 Å². The Labute approximate surface area is 182 Å². The standard InChI is InChI=1S/C24H27N3O4/c1-16(28)20-21(17-10-8-7-9-11-17)31-27-23(4,5)22(2,3)25(6)24(20,27)18-12-14-19(15-13-18)26(29)30/h7-15H,1-6H3. The highest BCUT2D eigenvalue weighted by molar-refractivity contribution is 6.03. The molecule has 0 amide bonds. The first kappa shape index (κ1) is 21.2. The van der Waals surface area contributed by atoms with E-state index in [2.05, 4.69) is 32.6 Å². The number of hydrogen-bond acceptors (Lipinski definition) is 6. The van der Waals surface area contributed by atoms with Gasteiger partial charge < -0.3 is 4.84 Å². The fraction of sp³-hybridized carbons (Fsp3) is 0.375. The number of non-ortho nitro benzene ring substituents is 1. The number of hydrogen-bond donors (Lipinski definition) is 0. The maximum atomic E-state index is 13.2. The molecule has 162 valence electrons. The quantitative estimate of drug-likeness (QED) is 0.535. The SMILES string of the molecule is CC(=O)C1=C(c2ccccc2)ON2C1(c1ccc([N+](=O)[O-])cc1)N(C)C(C)(C)C2(C)C. The van der Waals surface area contributed by atoms with Crippen LogP contribution in [0.25, 0.3) is 5.76 Å². The lowest BCUT2D eigenvalue weighted by molar-refractivity contribution is -0.384. The van der Waals surface area contributed by atoms with Crippen molar-refractivity contribution in [2.24, 2.45) is 0 Å². The van der Waals surface area contributed by atoms with Gasteiger partial charge in [-0.25, -0.2) is 0 Å². The minimum absolute atomic E-state index is 0.00132. The van der Waals surface area contributed by atoms with Gasteiger partial charge in [-0.2, -0.15) is 0 Å². The van der Waals surface area contributed by atoms with Gasteiger partial charge >= 0.3 is 0 Å². The van der Waals surface area contributed by atoms with E-state index in [0.717, 1.165) is 11.1 Å². The molecule has 0 aliphatic carbocycles. The van der Waals surface area contributed by atoms with Crippen LogP contribution >= 0.6 is 0 Å². The predicted octanol–water partition coefficient (Wildman–Crippen LogP) is 4.50. The van der Waals surface area contributed by atoms with Crippen LogP contribution < -0.4 is 0 Å². The van der Waals surface area contributed by atoms with Gasteiger partial charge in [0.05, 0.1) is 16.0 Å². The largest absolute Gasteiger partial charge is 0.402 e. The average molecular weight is 421 g/mol. The number of ketones is 1. The Balaban J connectivity index is 2.07. The lowest BCUT2D eigenvalue weighted by atomic mass is 9.83. The van der Waals surface area contributed by atoms with Crippen molar-refractivity contribution in [3.63, 3.8) is 0 Å². The Morgan fingerprint density at radius 1 is 0.968 bits per heavy atom. The number of carbonyl (C=O) groups excluding carboxylic acids is 1. The van der Waals surface area contributed by atoms with Gasteiger partial charge in [0.15, 0.2) is 17.2 Å². The summed E-state index contributed by atoms with van der Waals surface area (Å²) in [6.45, 7) is 9.94. The Kier molecular flexibility index (Phi) is 4.61. The van der Waals surface area contributed by atoms with E-state index < -0.39 is 21.7 Å². The third kappa shape index (κ3) is 2.63. The number of likely N-dealkylation sites (N-methyl/N-ethyl adjacent to an activating group) is 1. The van der Waals surface area contributed by atoms with Gasteiger partial charge in [0.1, 0.15) is 0 Å². The Morgan fingerprint density at radius 2 is 1.55 bits per heavy atom. The topological polar surface area (TPSA) is 75.9 Å². The van der Waals surface area contributed by atoms with Crippen molar-refractivity contribution in [2.45, 2.75) is 51.4 Å². The van der Waals surface area contributed by atoms with Gasteiger partial charge in [0.2, 0.25) is 0 Å². The molecule has 2 aliphatic rings. The highest BCUT2D eigenvalue weighted by atomic mass is 16.7. The van der Waals surface area contributed by atoms with Crippen molar-refractivity contribution in [2.75, 3.05) is 7.05 Å². The average Bonchev–Trinajstić information content (AvgIpc) is 3.15. The van der Waals surface area contributed by atoms with Crippen molar-refractivity contribution in [3.8, 4) is 0 Å². The molecule has 0 saturated carbocycles. The fourth-order valence-corrected chi connectivity index (χ4v) is 4.81. The van der Waals surface area contributed by atoms with Crippen molar-refractivity contribution in [3.05, 3.63) is 81.4 Å². The Hall–Kier alpha value is -3.03. The first-order valence-electron chi connectivity index (χ1n) is 10.3. The van der Waals surface area contributed by atoms with Crippen LogP contribution in [-0.2, 0) is 15.3 Å². The van der Waals surface area contributed by atoms with Gasteiger partial charge in [-0.05, 0) is 59.4 Å². The summed E-state index contributed by atoms with van der Waals surface area (Å²) in [5.41, 5.74) is 0.160.